The van der Waals surface area contributed by atoms with E-state index in [1.54, 1.807) is 6.92 Å². The minimum absolute atomic E-state index is 0.267. The van der Waals surface area contributed by atoms with Crippen LogP contribution in [0.3, 0.4) is 0 Å². The minimum atomic E-state index is -0.892. The normalized spacial score (nSPS) is 12.3. The molecule has 0 radical (unpaired) electrons. The molecule has 2 nitrogen and oxygen atoms in total. The molecule has 2 aromatic carbocycles. The molecule has 0 bridgehead atoms. The molecule has 1 N–H and O–H groups in total. The standard InChI is InChI=1S/C15H12Cl3FO2/c1-7-3-14(9(8(2)20)4-13(7)19)21-15-6-11(17)10(16)5-12(15)18/h3-6,8,20H,1-2H3/t8-/m1/s1. The summed E-state index contributed by atoms with van der Waals surface area (Å²) in [5, 5.41) is 10.6. The molecule has 112 valence electrons. The maximum Gasteiger partial charge on any atom is 0.147 e. The van der Waals surface area contributed by atoms with Crippen LogP contribution in [-0.4, -0.2) is 5.11 Å². The summed E-state index contributed by atoms with van der Waals surface area (Å²) in [5.74, 6) is 0.168. The van der Waals surface area contributed by atoms with Gasteiger partial charge in [0.05, 0.1) is 21.2 Å². The number of rotatable bonds is 3. The number of aliphatic hydroxyl groups excluding tert-OH is 1. The highest BCUT2D eigenvalue weighted by Crippen LogP contribution is 2.38. The Morgan fingerprint density at radius 1 is 1.00 bits per heavy atom. The van der Waals surface area contributed by atoms with Gasteiger partial charge in [0.2, 0.25) is 0 Å². The Labute approximate surface area is 137 Å². The zero-order chi connectivity index (χ0) is 15.7. The lowest BCUT2D eigenvalue weighted by atomic mass is 10.1. The second kappa shape index (κ2) is 6.41. The maximum absolute atomic E-state index is 13.6. The molecule has 21 heavy (non-hydrogen) atoms. The monoisotopic (exact) mass is 348 g/mol. The van der Waals surface area contributed by atoms with Gasteiger partial charge in [-0.25, -0.2) is 4.39 Å². The van der Waals surface area contributed by atoms with E-state index >= 15 is 0 Å². The van der Waals surface area contributed by atoms with E-state index in [1.807, 2.05) is 0 Å². The molecular weight excluding hydrogens is 338 g/mol. The van der Waals surface area contributed by atoms with E-state index in [0.717, 1.165) is 0 Å². The molecule has 6 heteroatoms. The average molecular weight is 350 g/mol. The van der Waals surface area contributed by atoms with Crippen LogP contribution in [0.1, 0.15) is 24.2 Å². The highest BCUT2D eigenvalue weighted by atomic mass is 35.5. The minimum Gasteiger partial charge on any atom is -0.455 e. The van der Waals surface area contributed by atoms with Crippen molar-refractivity contribution in [3.8, 4) is 11.5 Å². The van der Waals surface area contributed by atoms with Crippen molar-refractivity contribution < 1.29 is 14.2 Å². The van der Waals surface area contributed by atoms with Crippen LogP contribution in [0.25, 0.3) is 0 Å². The van der Waals surface area contributed by atoms with Gasteiger partial charge in [0, 0.05) is 11.6 Å². The molecule has 0 aliphatic rings. The van der Waals surface area contributed by atoms with Crippen molar-refractivity contribution in [3.63, 3.8) is 0 Å². The Bertz CT molecular complexity index is 687. The van der Waals surface area contributed by atoms with Crippen LogP contribution in [0.5, 0.6) is 11.5 Å². The Kier molecular flexibility index (Phi) is 4.99. The SMILES string of the molecule is Cc1cc(Oc2cc(Cl)c(Cl)cc2Cl)c([C@@H](C)O)cc1F. The third-order valence-electron chi connectivity index (χ3n) is 2.94. The van der Waals surface area contributed by atoms with Crippen LogP contribution in [0.2, 0.25) is 15.1 Å². The van der Waals surface area contributed by atoms with E-state index in [1.165, 1.54) is 31.2 Å². The highest BCUT2D eigenvalue weighted by Gasteiger charge is 2.16. The van der Waals surface area contributed by atoms with Crippen molar-refractivity contribution in [1.29, 1.82) is 0 Å². The predicted octanol–water partition coefficient (Wildman–Crippen LogP) is 5.94. The lowest BCUT2D eigenvalue weighted by Gasteiger charge is -2.16. The van der Waals surface area contributed by atoms with Gasteiger partial charge in [-0.1, -0.05) is 34.8 Å². The van der Waals surface area contributed by atoms with Gasteiger partial charge in [-0.15, -0.1) is 0 Å². The molecule has 0 saturated heterocycles. The molecule has 0 saturated carbocycles. The molecule has 0 aromatic heterocycles. The Morgan fingerprint density at radius 2 is 1.62 bits per heavy atom. The Balaban J connectivity index is 2.48. The number of benzene rings is 2. The number of ether oxygens (including phenoxy) is 1. The second-order valence-corrected chi connectivity index (χ2v) is 5.84. The molecule has 0 heterocycles. The van der Waals surface area contributed by atoms with E-state index in [2.05, 4.69) is 0 Å². The number of aliphatic hydroxyl groups is 1. The van der Waals surface area contributed by atoms with Crippen LogP contribution in [0.15, 0.2) is 24.3 Å². The van der Waals surface area contributed by atoms with Crippen LogP contribution in [0, 0.1) is 12.7 Å². The molecule has 2 rings (SSSR count). The molecular formula is C15H12Cl3FO2. The summed E-state index contributed by atoms with van der Waals surface area (Å²) in [6.45, 7) is 3.12. The fourth-order valence-electron chi connectivity index (χ4n) is 1.79. The molecule has 1 atom stereocenters. The second-order valence-electron chi connectivity index (χ2n) is 4.61. The summed E-state index contributed by atoms with van der Waals surface area (Å²) in [5.41, 5.74) is 0.714. The first-order chi connectivity index (χ1) is 9.79. The lowest BCUT2D eigenvalue weighted by molar-refractivity contribution is 0.195. The number of aryl methyl sites for hydroxylation is 1. The van der Waals surface area contributed by atoms with E-state index in [9.17, 15) is 9.50 Å². The summed E-state index contributed by atoms with van der Waals surface area (Å²) < 4.78 is 19.3. The zero-order valence-corrected chi connectivity index (χ0v) is 13.5. The fraction of sp³-hybridized carbons (Fsp3) is 0.200. The molecule has 0 spiro atoms. The van der Waals surface area contributed by atoms with E-state index in [-0.39, 0.29) is 15.8 Å². The molecule has 0 unspecified atom stereocenters. The zero-order valence-electron chi connectivity index (χ0n) is 11.3. The highest BCUT2D eigenvalue weighted by molar-refractivity contribution is 6.43. The summed E-state index contributed by atoms with van der Waals surface area (Å²) in [6, 6.07) is 5.66. The van der Waals surface area contributed by atoms with Crippen molar-refractivity contribution in [1.82, 2.24) is 0 Å². The molecule has 0 fully saturated rings. The maximum atomic E-state index is 13.6. The molecule has 2 aromatic rings. The van der Waals surface area contributed by atoms with Crippen LogP contribution >= 0.6 is 34.8 Å². The summed E-state index contributed by atoms with van der Waals surface area (Å²) in [7, 11) is 0. The molecule has 0 aliphatic heterocycles. The van der Waals surface area contributed by atoms with Gasteiger partial charge in [0.1, 0.15) is 17.3 Å². The third-order valence-corrected chi connectivity index (χ3v) is 3.95. The van der Waals surface area contributed by atoms with Gasteiger partial charge in [0.15, 0.2) is 0 Å². The molecule has 0 aliphatic carbocycles. The first-order valence-corrected chi connectivity index (χ1v) is 7.23. The average Bonchev–Trinajstić information content (AvgIpc) is 2.39. The number of halogens is 4. The fourth-order valence-corrected chi connectivity index (χ4v) is 2.36. The summed E-state index contributed by atoms with van der Waals surface area (Å²) >= 11 is 17.8. The Morgan fingerprint density at radius 3 is 2.24 bits per heavy atom. The van der Waals surface area contributed by atoms with Gasteiger partial charge >= 0.3 is 0 Å². The van der Waals surface area contributed by atoms with Crippen LogP contribution in [0.4, 0.5) is 4.39 Å². The first-order valence-electron chi connectivity index (χ1n) is 6.10. The Hall–Kier alpha value is -1.00. The van der Waals surface area contributed by atoms with Crippen LogP contribution < -0.4 is 4.74 Å². The van der Waals surface area contributed by atoms with Gasteiger partial charge in [-0.05, 0) is 37.6 Å². The third kappa shape index (κ3) is 3.61. The van der Waals surface area contributed by atoms with Crippen LogP contribution in [-0.2, 0) is 0 Å². The quantitative estimate of drug-likeness (QED) is 0.695. The molecule has 0 amide bonds. The topological polar surface area (TPSA) is 29.5 Å². The summed E-state index contributed by atoms with van der Waals surface area (Å²) in [4.78, 5) is 0. The van der Waals surface area contributed by atoms with E-state index in [0.29, 0.717) is 21.9 Å². The predicted molar refractivity (Wildman–Crippen MR) is 83.3 cm³/mol. The van der Waals surface area contributed by atoms with E-state index in [4.69, 9.17) is 39.5 Å². The van der Waals surface area contributed by atoms with Gasteiger partial charge < -0.3 is 9.84 Å². The van der Waals surface area contributed by atoms with Crippen molar-refractivity contribution in [3.05, 3.63) is 56.3 Å². The largest absolute Gasteiger partial charge is 0.455 e. The van der Waals surface area contributed by atoms with Crippen molar-refractivity contribution in [2.75, 3.05) is 0 Å². The van der Waals surface area contributed by atoms with Crippen molar-refractivity contribution in [2.24, 2.45) is 0 Å². The van der Waals surface area contributed by atoms with E-state index < -0.39 is 11.9 Å². The van der Waals surface area contributed by atoms with Crippen molar-refractivity contribution in [2.45, 2.75) is 20.0 Å². The van der Waals surface area contributed by atoms with Gasteiger partial charge in [-0.3, -0.25) is 0 Å². The number of hydrogen-bond acceptors (Lipinski definition) is 2. The van der Waals surface area contributed by atoms with Gasteiger partial charge in [-0.2, -0.15) is 0 Å². The lowest BCUT2D eigenvalue weighted by Crippen LogP contribution is -1.99. The summed E-state index contributed by atoms with van der Waals surface area (Å²) in [6.07, 6.45) is -0.892. The number of hydrogen-bond donors (Lipinski definition) is 1. The van der Waals surface area contributed by atoms with Crippen molar-refractivity contribution >= 4 is 34.8 Å². The first kappa shape index (κ1) is 16.4. The smallest absolute Gasteiger partial charge is 0.147 e. The van der Waals surface area contributed by atoms with Gasteiger partial charge in [0.25, 0.3) is 0 Å².